The highest BCUT2D eigenvalue weighted by Gasteiger charge is 2.30. The number of aliphatic hydroxyl groups excluding tert-OH is 2. The van der Waals surface area contributed by atoms with E-state index in [1.807, 2.05) is 0 Å². The molecule has 0 aromatic rings. The monoisotopic (exact) mass is 618 g/mol. The van der Waals surface area contributed by atoms with E-state index in [1.165, 1.54) is 17.1 Å². The summed E-state index contributed by atoms with van der Waals surface area (Å²) in [6, 6.07) is 0. The fraction of sp³-hybridized carbons (Fsp3) is 0.613. The summed E-state index contributed by atoms with van der Waals surface area (Å²) in [5.41, 5.74) is -0.299. The van der Waals surface area contributed by atoms with E-state index in [1.54, 1.807) is 6.21 Å². The number of amides is 5. The third kappa shape index (κ3) is 12.6. The molecule has 0 aromatic heterocycles. The Hall–Kier alpha value is -3.52. The summed E-state index contributed by atoms with van der Waals surface area (Å²) in [4.78, 5) is 64.8. The Balaban J connectivity index is 1.64. The lowest BCUT2D eigenvalue weighted by molar-refractivity contribution is -0.138. The number of nitrogens with one attached hydrogen (secondary N) is 1. The van der Waals surface area contributed by atoms with Crippen molar-refractivity contribution in [2.45, 2.75) is 57.8 Å². The van der Waals surface area contributed by atoms with Crippen LogP contribution in [-0.2, 0) is 33.4 Å². The van der Waals surface area contributed by atoms with E-state index in [2.05, 4.69) is 16.9 Å². The van der Waals surface area contributed by atoms with Crippen LogP contribution in [0, 0.1) is 5.41 Å². The van der Waals surface area contributed by atoms with Crippen molar-refractivity contribution in [2.24, 2.45) is 10.4 Å². The average Bonchev–Trinajstić information content (AvgIpc) is 3.52. The molecule has 0 spiro atoms. The molecule has 0 aliphatic carbocycles. The predicted molar refractivity (Wildman–Crippen MR) is 162 cm³/mol. The van der Waals surface area contributed by atoms with Crippen molar-refractivity contribution in [1.29, 1.82) is 0 Å². The second kappa shape index (κ2) is 20.4. The van der Waals surface area contributed by atoms with Gasteiger partial charge in [-0.05, 0) is 56.8 Å². The maximum atomic E-state index is 12.2. The maximum Gasteiger partial charge on any atom is 0.267 e. The molecule has 2 aliphatic rings. The Bertz CT molecular complexity index is 1040. The van der Waals surface area contributed by atoms with Gasteiger partial charge < -0.3 is 25.0 Å². The minimum atomic E-state index is -0.620. The van der Waals surface area contributed by atoms with Gasteiger partial charge in [-0.2, -0.15) is 0 Å². The fourth-order valence-electron chi connectivity index (χ4n) is 5.21. The van der Waals surface area contributed by atoms with Crippen LogP contribution in [0.25, 0.3) is 0 Å². The standard InChI is InChI=1S/C31H46N4O9/c1-25(35-28(40)9-10-29(35)41)30(42)33-17-24-44-22-5-14-31(11-2-19-36,12-3-20-37)13-4-21-43-23-16-32-15-6-18-34-26(38)7-8-27(34)39/h7-10,15,36-37H,1-6,11-14,16-24H2,(H,33,42). The molecule has 0 saturated carbocycles. The number of hydrogen-bond donors (Lipinski definition) is 3. The van der Waals surface area contributed by atoms with Gasteiger partial charge in [0.15, 0.2) is 0 Å². The lowest BCUT2D eigenvalue weighted by Crippen LogP contribution is -2.38. The zero-order valence-electron chi connectivity index (χ0n) is 25.4. The first-order valence-corrected chi connectivity index (χ1v) is 15.2. The lowest BCUT2D eigenvalue weighted by Gasteiger charge is -2.34. The average molecular weight is 619 g/mol. The number of aliphatic imine (C=N–C) groups is 1. The molecule has 0 fully saturated rings. The molecule has 5 amide bonds. The highest BCUT2D eigenvalue weighted by Crippen LogP contribution is 2.39. The van der Waals surface area contributed by atoms with Gasteiger partial charge in [0.2, 0.25) is 0 Å². The molecule has 3 N–H and O–H groups in total. The number of imide groups is 2. The Labute approximate surface area is 258 Å². The van der Waals surface area contributed by atoms with Crippen LogP contribution in [0.15, 0.2) is 41.6 Å². The number of nitrogens with zero attached hydrogens (tertiary/aromatic N) is 3. The summed E-state index contributed by atoms with van der Waals surface area (Å²) in [7, 11) is 0. The number of aliphatic hydroxyl groups is 2. The molecule has 0 radical (unpaired) electrons. The van der Waals surface area contributed by atoms with Crippen LogP contribution >= 0.6 is 0 Å². The van der Waals surface area contributed by atoms with Crippen LogP contribution in [0.3, 0.4) is 0 Å². The summed E-state index contributed by atoms with van der Waals surface area (Å²) in [5, 5.41) is 21.6. The summed E-state index contributed by atoms with van der Waals surface area (Å²) in [6.45, 7) is 6.44. The summed E-state index contributed by atoms with van der Waals surface area (Å²) in [6.07, 6.45) is 13.2. The Kier molecular flexibility index (Phi) is 17.0. The minimum Gasteiger partial charge on any atom is -0.396 e. The Morgan fingerprint density at radius 1 is 0.818 bits per heavy atom. The van der Waals surface area contributed by atoms with Gasteiger partial charge in [-0.25, -0.2) is 4.90 Å². The Morgan fingerprint density at radius 3 is 1.91 bits per heavy atom. The molecule has 13 heteroatoms. The van der Waals surface area contributed by atoms with Crippen molar-refractivity contribution in [2.75, 3.05) is 59.3 Å². The minimum absolute atomic E-state index is 0.0651. The third-order valence-electron chi connectivity index (χ3n) is 7.47. The molecule has 2 aliphatic heterocycles. The highest BCUT2D eigenvalue weighted by atomic mass is 16.5. The largest absolute Gasteiger partial charge is 0.396 e. The second-order valence-electron chi connectivity index (χ2n) is 10.7. The molecular weight excluding hydrogens is 572 g/mol. The summed E-state index contributed by atoms with van der Waals surface area (Å²) < 4.78 is 11.4. The van der Waals surface area contributed by atoms with Crippen molar-refractivity contribution < 1.29 is 43.7 Å². The van der Waals surface area contributed by atoms with Gasteiger partial charge in [0, 0.05) is 76.5 Å². The van der Waals surface area contributed by atoms with Gasteiger partial charge in [-0.3, -0.25) is 33.9 Å². The third-order valence-corrected chi connectivity index (χ3v) is 7.47. The predicted octanol–water partition coefficient (Wildman–Crippen LogP) is 1.05. The van der Waals surface area contributed by atoms with Gasteiger partial charge in [0.25, 0.3) is 29.5 Å². The van der Waals surface area contributed by atoms with Crippen LogP contribution < -0.4 is 5.32 Å². The van der Waals surface area contributed by atoms with Gasteiger partial charge >= 0.3 is 0 Å². The molecule has 44 heavy (non-hydrogen) atoms. The van der Waals surface area contributed by atoms with Crippen molar-refractivity contribution in [3.63, 3.8) is 0 Å². The van der Waals surface area contributed by atoms with Crippen LogP contribution in [0.5, 0.6) is 0 Å². The Morgan fingerprint density at radius 2 is 1.34 bits per heavy atom. The number of hydrogen-bond acceptors (Lipinski definition) is 10. The lowest BCUT2D eigenvalue weighted by atomic mass is 9.72. The van der Waals surface area contributed by atoms with Crippen LogP contribution in [0.2, 0.25) is 0 Å². The van der Waals surface area contributed by atoms with E-state index in [0.29, 0.717) is 52.2 Å². The number of ether oxygens (including phenoxy) is 2. The van der Waals surface area contributed by atoms with E-state index < -0.39 is 17.7 Å². The van der Waals surface area contributed by atoms with Gasteiger partial charge in [-0.1, -0.05) is 6.58 Å². The van der Waals surface area contributed by atoms with Crippen LogP contribution in [0.4, 0.5) is 0 Å². The van der Waals surface area contributed by atoms with E-state index in [0.717, 1.165) is 55.6 Å². The quantitative estimate of drug-likeness (QED) is 0.0585. The van der Waals surface area contributed by atoms with Crippen LogP contribution in [0.1, 0.15) is 57.8 Å². The first-order valence-electron chi connectivity index (χ1n) is 15.2. The van der Waals surface area contributed by atoms with E-state index >= 15 is 0 Å². The van der Waals surface area contributed by atoms with Crippen molar-refractivity contribution in [1.82, 2.24) is 15.1 Å². The zero-order chi connectivity index (χ0) is 32.2. The van der Waals surface area contributed by atoms with Gasteiger partial charge in [0.1, 0.15) is 5.70 Å². The van der Waals surface area contributed by atoms with Crippen LogP contribution in [-0.4, -0.2) is 115 Å². The fourth-order valence-corrected chi connectivity index (χ4v) is 5.21. The molecule has 0 unspecified atom stereocenters. The molecule has 2 heterocycles. The van der Waals surface area contributed by atoms with Crippen molar-refractivity contribution in [3.8, 4) is 0 Å². The van der Waals surface area contributed by atoms with Crippen molar-refractivity contribution in [3.05, 3.63) is 36.6 Å². The highest BCUT2D eigenvalue weighted by molar-refractivity contribution is 6.18. The first-order chi connectivity index (χ1) is 21.2. The SMILES string of the molecule is C=C(C(=O)NCCOCCCC(CCCO)(CCCO)CCCOCCN=CCCN1C(=O)C=CC1=O)N1C(=O)C=CC1=O. The molecule has 0 bridgehead atoms. The molecule has 13 nitrogen and oxygen atoms in total. The summed E-state index contributed by atoms with van der Waals surface area (Å²) >= 11 is 0. The molecule has 0 aromatic carbocycles. The second-order valence-corrected chi connectivity index (χ2v) is 10.7. The van der Waals surface area contributed by atoms with E-state index in [4.69, 9.17) is 9.47 Å². The smallest absolute Gasteiger partial charge is 0.267 e. The first kappa shape index (κ1) is 36.7. The maximum absolute atomic E-state index is 12.2. The summed E-state index contributed by atoms with van der Waals surface area (Å²) in [5.74, 6) is -2.42. The molecular formula is C31H46N4O9. The number of carbonyl (C=O) groups is 5. The zero-order valence-corrected chi connectivity index (χ0v) is 25.4. The van der Waals surface area contributed by atoms with Gasteiger partial charge in [-0.15, -0.1) is 0 Å². The van der Waals surface area contributed by atoms with Gasteiger partial charge in [0.05, 0.1) is 19.8 Å². The normalized spacial score (nSPS) is 15.0. The molecule has 2 rings (SSSR count). The topological polar surface area (TPSA) is 175 Å². The molecule has 0 atom stereocenters. The van der Waals surface area contributed by atoms with Crippen molar-refractivity contribution >= 4 is 35.8 Å². The van der Waals surface area contributed by atoms with E-state index in [9.17, 15) is 34.2 Å². The molecule has 244 valence electrons. The molecule has 0 saturated heterocycles. The van der Waals surface area contributed by atoms with E-state index in [-0.39, 0.29) is 49.3 Å². The number of carbonyl (C=O) groups excluding carboxylic acids is 5. The number of rotatable bonds is 25.